The highest BCUT2D eigenvalue weighted by Gasteiger charge is 2.14. The van der Waals surface area contributed by atoms with Gasteiger partial charge in [-0.3, -0.25) is 4.79 Å². The molecule has 0 aliphatic carbocycles. The minimum Gasteiger partial charge on any atom is -0.493 e. The highest BCUT2D eigenvalue weighted by molar-refractivity contribution is 5.95. The first-order valence-electron chi connectivity index (χ1n) is 8.36. The zero-order chi connectivity index (χ0) is 19.1. The van der Waals surface area contributed by atoms with Crippen molar-refractivity contribution < 1.29 is 19.0 Å². The van der Waals surface area contributed by atoms with Crippen LogP contribution in [-0.2, 0) is 0 Å². The average molecular weight is 359 g/mol. The van der Waals surface area contributed by atoms with Gasteiger partial charge in [-0.25, -0.2) is 4.98 Å². The number of aromatic nitrogens is 1. The Balaban J connectivity index is 2.26. The Hall–Kier alpha value is -2.96. The van der Waals surface area contributed by atoms with Gasteiger partial charge in [-0.05, 0) is 25.5 Å². The molecule has 0 aliphatic rings. The molecule has 0 radical (unpaired) electrons. The van der Waals surface area contributed by atoms with Crippen molar-refractivity contribution in [2.45, 2.75) is 26.3 Å². The van der Waals surface area contributed by atoms with Crippen LogP contribution in [0.2, 0.25) is 0 Å². The predicted octanol–water partition coefficient (Wildman–Crippen LogP) is 3.38. The van der Waals surface area contributed by atoms with Gasteiger partial charge in [0.05, 0.1) is 21.3 Å². The molecule has 1 aromatic heterocycles. The number of carbonyl (C=O) groups is 1. The van der Waals surface area contributed by atoms with E-state index in [-0.39, 0.29) is 11.9 Å². The maximum Gasteiger partial charge on any atom is 0.251 e. The van der Waals surface area contributed by atoms with Crippen molar-refractivity contribution in [2.24, 2.45) is 0 Å². The Morgan fingerprint density at radius 2 is 1.77 bits per heavy atom. The van der Waals surface area contributed by atoms with Gasteiger partial charge in [-0.1, -0.05) is 6.92 Å². The molecule has 26 heavy (non-hydrogen) atoms. The molecular weight excluding hydrogens is 334 g/mol. The minimum atomic E-state index is -0.130. The highest BCUT2D eigenvalue weighted by Crippen LogP contribution is 2.40. The highest BCUT2D eigenvalue weighted by atomic mass is 16.5. The molecule has 7 heteroatoms. The SMILES string of the molecule is CCC(C)NC(=O)c1ccnc(Nc2cc(OC)c(OC)c(OC)c2)c1. The number of hydrogen-bond acceptors (Lipinski definition) is 6. The van der Waals surface area contributed by atoms with Gasteiger partial charge in [0.15, 0.2) is 11.5 Å². The lowest BCUT2D eigenvalue weighted by Crippen LogP contribution is -2.31. The molecule has 0 spiro atoms. The lowest BCUT2D eigenvalue weighted by Gasteiger charge is -2.15. The van der Waals surface area contributed by atoms with E-state index >= 15 is 0 Å². The Morgan fingerprint density at radius 3 is 2.31 bits per heavy atom. The van der Waals surface area contributed by atoms with Gasteiger partial charge < -0.3 is 24.8 Å². The van der Waals surface area contributed by atoms with Crippen LogP contribution in [0.15, 0.2) is 30.5 Å². The minimum absolute atomic E-state index is 0.113. The van der Waals surface area contributed by atoms with Crippen molar-refractivity contribution in [3.63, 3.8) is 0 Å². The quantitative estimate of drug-likeness (QED) is 0.752. The summed E-state index contributed by atoms with van der Waals surface area (Å²) in [5, 5.41) is 6.10. The van der Waals surface area contributed by atoms with Gasteiger partial charge in [0, 0.05) is 35.6 Å². The summed E-state index contributed by atoms with van der Waals surface area (Å²) in [5.74, 6) is 1.97. The van der Waals surface area contributed by atoms with Crippen LogP contribution in [0.1, 0.15) is 30.6 Å². The molecule has 0 saturated heterocycles. The maximum absolute atomic E-state index is 12.3. The summed E-state index contributed by atoms with van der Waals surface area (Å²) in [6.07, 6.45) is 2.46. The second kappa shape index (κ2) is 8.94. The van der Waals surface area contributed by atoms with E-state index in [0.29, 0.717) is 34.3 Å². The van der Waals surface area contributed by atoms with E-state index in [2.05, 4.69) is 15.6 Å². The summed E-state index contributed by atoms with van der Waals surface area (Å²) >= 11 is 0. The van der Waals surface area contributed by atoms with Crippen LogP contribution in [0.3, 0.4) is 0 Å². The number of benzene rings is 1. The first kappa shape index (κ1) is 19.4. The molecule has 2 rings (SSSR count). The summed E-state index contributed by atoms with van der Waals surface area (Å²) in [6, 6.07) is 7.03. The molecular formula is C19H25N3O4. The zero-order valence-corrected chi connectivity index (χ0v) is 15.8. The first-order chi connectivity index (χ1) is 12.5. The Kier molecular flexibility index (Phi) is 6.66. The van der Waals surface area contributed by atoms with Crippen molar-refractivity contribution in [1.29, 1.82) is 0 Å². The number of hydrogen-bond donors (Lipinski definition) is 2. The molecule has 2 N–H and O–H groups in total. The number of amides is 1. The molecule has 1 heterocycles. The fraction of sp³-hybridized carbons (Fsp3) is 0.368. The van der Waals surface area contributed by atoms with E-state index < -0.39 is 0 Å². The molecule has 0 fully saturated rings. The molecule has 1 aromatic carbocycles. The molecule has 2 aromatic rings. The molecule has 140 valence electrons. The third kappa shape index (κ3) is 4.56. The van der Waals surface area contributed by atoms with E-state index in [9.17, 15) is 4.79 Å². The molecule has 0 bridgehead atoms. The van der Waals surface area contributed by atoms with Gasteiger partial charge in [-0.15, -0.1) is 0 Å². The third-order valence-electron chi connectivity index (χ3n) is 3.95. The number of nitrogens with one attached hydrogen (secondary N) is 2. The zero-order valence-electron chi connectivity index (χ0n) is 15.8. The smallest absolute Gasteiger partial charge is 0.251 e. The Labute approximate surface area is 153 Å². The maximum atomic E-state index is 12.3. The van der Waals surface area contributed by atoms with Crippen molar-refractivity contribution in [1.82, 2.24) is 10.3 Å². The monoisotopic (exact) mass is 359 g/mol. The van der Waals surface area contributed by atoms with Gasteiger partial charge in [0.1, 0.15) is 5.82 Å². The third-order valence-corrected chi connectivity index (χ3v) is 3.95. The number of ether oxygens (including phenoxy) is 3. The van der Waals surface area contributed by atoms with Crippen molar-refractivity contribution >= 4 is 17.4 Å². The van der Waals surface area contributed by atoms with E-state index in [1.165, 1.54) is 0 Å². The molecule has 1 atom stereocenters. The second-order valence-corrected chi connectivity index (χ2v) is 5.75. The van der Waals surface area contributed by atoms with E-state index in [4.69, 9.17) is 14.2 Å². The molecule has 0 aliphatic heterocycles. The number of nitrogens with zero attached hydrogens (tertiary/aromatic N) is 1. The van der Waals surface area contributed by atoms with Crippen LogP contribution >= 0.6 is 0 Å². The molecule has 1 unspecified atom stereocenters. The lowest BCUT2D eigenvalue weighted by atomic mass is 10.2. The summed E-state index contributed by atoms with van der Waals surface area (Å²) in [6.45, 7) is 3.99. The Bertz CT molecular complexity index is 739. The van der Waals surface area contributed by atoms with Crippen LogP contribution in [-0.4, -0.2) is 38.3 Å². The van der Waals surface area contributed by atoms with Crippen LogP contribution in [0, 0.1) is 0 Å². The number of rotatable bonds is 8. The fourth-order valence-electron chi connectivity index (χ4n) is 2.35. The predicted molar refractivity (Wildman–Crippen MR) is 101 cm³/mol. The van der Waals surface area contributed by atoms with E-state index in [0.717, 1.165) is 6.42 Å². The van der Waals surface area contributed by atoms with Gasteiger partial charge >= 0.3 is 0 Å². The Morgan fingerprint density at radius 1 is 1.12 bits per heavy atom. The second-order valence-electron chi connectivity index (χ2n) is 5.75. The number of carbonyl (C=O) groups excluding carboxylic acids is 1. The van der Waals surface area contributed by atoms with E-state index in [1.54, 1.807) is 51.8 Å². The first-order valence-corrected chi connectivity index (χ1v) is 8.36. The van der Waals surface area contributed by atoms with Crippen molar-refractivity contribution in [3.05, 3.63) is 36.0 Å². The lowest BCUT2D eigenvalue weighted by molar-refractivity contribution is 0.0939. The summed E-state index contributed by atoms with van der Waals surface area (Å²) < 4.78 is 16.0. The normalized spacial score (nSPS) is 11.4. The van der Waals surface area contributed by atoms with Crippen LogP contribution < -0.4 is 24.8 Å². The van der Waals surface area contributed by atoms with Crippen LogP contribution in [0.4, 0.5) is 11.5 Å². The summed E-state index contributed by atoms with van der Waals surface area (Å²) in [7, 11) is 4.66. The number of anilines is 2. The van der Waals surface area contributed by atoms with E-state index in [1.807, 2.05) is 13.8 Å². The summed E-state index contributed by atoms with van der Waals surface area (Å²) in [4.78, 5) is 16.5. The topological polar surface area (TPSA) is 81.7 Å². The van der Waals surface area contributed by atoms with Gasteiger partial charge in [-0.2, -0.15) is 0 Å². The van der Waals surface area contributed by atoms with Gasteiger partial charge in [0.25, 0.3) is 5.91 Å². The average Bonchev–Trinajstić information content (AvgIpc) is 2.67. The summed E-state index contributed by atoms with van der Waals surface area (Å²) in [5.41, 5.74) is 1.24. The number of pyridine rings is 1. The van der Waals surface area contributed by atoms with Crippen LogP contribution in [0.5, 0.6) is 17.2 Å². The van der Waals surface area contributed by atoms with Crippen molar-refractivity contribution in [3.8, 4) is 17.2 Å². The van der Waals surface area contributed by atoms with Crippen LogP contribution in [0.25, 0.3) is 0 Å². The molecule has 1 amide bonds. The molecule has 0 saturated carbocycles. The van der Waals surface area contributed by atoms with Gasteiger partial charge in [0.2, 0.25) is 5.75 Å². The standard InChI is InChI=1S/C19H25N3O4/c1-6-12(2)21-19(23)13-7-8-20-17(9-13)22-14-10-15(24-3)18(26-5)16(11-14)25-4/h7-12H,6H2,1-5H3,(H,20,22)(H,21,23). The molecule has 7 nitrogen and oxygen atoms in total. The fourth-order valence-corrected chi connectivity index (χ4v) is 2.35. The van der Waals surface area contributed by atoms with Crippen molar-refractivity contribution in [2.75, 3.05) is 26.6 Å². The number of methoxy groups -OCH3 is 3. The largest absolute Gasteiger partial charge is 0.493 e.